The van der Waals surface area contributed by atoms with Crippen LogP contribution in [0, 0.1) is 11.8 Å². The van der Waals surface area contributed by atoms with Crippen LogP contribution in [-0.2, 0) is 6.42 Å². The molecule has 0 aliphatic rings. The summed E-state index contributed by atoms with van der Waals surface area (Å²) in [4.78, 5) is 0. The molecule has 0 fully saturated rings. The summed E-state index contributed by atoms with van der Waals surface area (Å²) in [5.41, 5.74) is 1.93. The highest BCUT2D eigenvalue weighted by Gasteiger charge is 2.05. The molecule has 26 heavy (non-hydrogen) atoms. The highest BCUT2D eigenvalue weighted by atomic mass is 79.9. The number of benzene rings is 3. The van der Waals surface area contributed by atoms with Crippen molar-refractivity contribution in [3.63, 3.8) is 0 Å². The van der Waals surface area contributed by atoms with Crippen molar-refractivity contribution < 1.29 is 9.84 Å². The van der Waals surface area contributed by atoms with Gasteiger partial charge in [0.2, 0.25) is 0 Å². The van der Waals surface area contributed by atoms with E-state index in [-0.39, 0.29) is 0 Å². The number of hydrogen-bond acceptors (Lipinski definition) is 2. The highest BCUT2D eigenvalue weighted by Crippen LogP contribution is 2.24. The summed E-state index contributed by atoms with van der Waals surface area (Å²) in [7, 11) is 0. The molecule has 3 heteroatoms. The summed E-state index contributed by atoms with van der Waals surface area (Å²) in [5, 5.41) is 10.2. The molecular formula is C23H19BrO2. The van der Waals surface area contributed by atoms with E-state index < -0.39 is 6.10 Å². The fourth-order valence-electron chi connectivity index (χ4n) is 2.50. The van der Waals surface area contributed by atoms with Crippen molar-refractivity contribution in [2.24, 2.45) is 0 Å². The molecule has 0 amide bonds. The lowest BCUT2D eigenvalue weighted by Gasteiger charge is -2.08. The molecule has 0 aliphatic carbocycles. The van der Waals surface area contributed by atoms with Gasteiger partial charge in [-0.25, -0.2) is 0 Å². The zero-order valence-electron chi connectivity index (χ0n) is 14.2. The van der Waals surface area contributed by atoms with Crippen molar-refractivity contribution in [2.45, 2.75) is 18.9 Å². The minimum Gasteiger partial charge on any atom is -0.456 e. The maximum Gasteiger partial charge on any atom is 0.143 e. The van der Waals surface area contributed by atoms with Gasteiger partial charge in [-0.3, -0.25) is 0 Å². The number of rotatable bonds is 5. The maximum absolute atomic E-state index is 10.2. The summed E-state index contributed by atoms with van der Waals surface area (Å²) in [6, 6.07) is 25.2. The van der Waals surface area contributed by atoms with Crippen LogP contribution in [0.1, 0.15) is 17.5 Å². The topological polar surface area (TPSA) is 29.5 Å². The number of aliphatic hydroxyl groups is 1. The third kappa shape index (κ3) is 5.23. The molecule has 0 aromatic heterocycles. The molecule has 0 spiro atoms. The molecular weight excluding hydrogens is 388 g/mol. The minimum absolute atomic E-state index is 0.581. The Morgan fingerprint density at radius 1 is 0.885 bits per heavy atom. The highest BCUT2D eigenvalue weighted by molar-refractivity contribution is 9.10. The van der Waals surface area contributed by atoms with Gasteiger partial charge in [-0.2, -0.15) is 0 Å². The normalized spacial score (nSPS) is 11.3. The van der Waals surface area contributed by atoms with Crippen LogP contribution in [0.25, 0.3) is 0 Å². The fourth-order valence-corrected chi connectivity index (χ4v) is 2.98. The monoisotopic (exact) mass is 406 g/mol. The lowest BCUT2D eigenvalue weighted by molar-refractivity contribution is 0.222. The molecule has 130 valence electrons. The van der Waals surface area contributed by atoms with E-state index in [1.54, 1.807) is 0 Å². The fraction of sp³-hybridized carbons (Fsp3) is 0.130. The van der Waals surface area contributed by atoms with Crippen LogP contribution in [0.5, 0.6) is 11.5 Å². The summed E-state index contributed by atoms with van der Waals surface area (Å²) in [5.74, 6) is 7.42. The Morgan fingerprint density at radius 3 is 2.38 bits per heavy atom. The molecule has 1 atom stereocenters. The molecule has 0 saturated heterocycles. The maximum atomic E-state index is 10.2. The van der Waals surface area contributed by atoms with E-state index >= 15 is 0 Å². The van der Waals surface area contributed by atoms with E-state index in [0.717, 1.165) is 22.2 Å². The first-order valence-corrected chi connectivity index (χ1v) is 9.26. The molecule has 3 aromatic rings. The Morgan fingerprint density at radius 2 is 1.58 bits per heavy atom. The first-order chi connectivity index (χ1) is 12.7. The van der Waals surface area contributed by atoms with E-state index in [1.807, 2.05) is 78.9 Å². The van der Waals surface area contributed by atoms with Crippen LogP contribution >= 0.6 is 15.9 Å². The number of halogens is 1. The quantitative estimate of drug-likeness (QED) is 0.559. The van der Waals surface area contributed by atoms with Crippen LogP contribution in [0.4, 0.5) is 0 Å². The van der Waals surface area contributed by atoms with E-state index in [1.165, 1.54) is 5.56 Å². The number of hydrogen-bond donors (Lipinski definition) is 1. The molecule has 1 unspecified atom stereocenters. The number of aliphatic hydroxyl groups excluding tert-OH is 1. The predicted octanol–water partition coefficient (Wildman–Crippen LogP) is 5.59. The third-order valence-electron chi connectivity index (χ3n) is 3.88. The van der Waals surface area contributed by atoms with Crippen LogP contribution in [-0.4, -0.2) is 11.2 Å². The Kier molecular flexibility index (Phi) is 6.49. The Balaban J connectivity index is 1.66. The first-order valence-electron chi connectivity index (χ1n) is 8.47. The minimum atomic E-state index is -0.688. The van der Waals surface area contributed by atoms with Crippen molar-refractivity contribution in [1.82, 2.24) is 0 Å². The van der Waals surface area contributed by atoms with Crippen LogP contribution in [0.2, 0.25) is 0 Å². The van der Waals surface area contributed by atoms with Crippen LogP contribution < -0.4 is 4.74 Å². The van der Waals surface area contributed by atoms with Crippen molar-refractivity contribution in [3.05, 3.63) is 94.5 Å². The molecule has 0 radical (unpaired) electrons. The zero-order chi connectivity index (χ0) is 18.2. The second-order valence-corrected chi connectivity index (χ2v) is 6.68. The summed E-state index contributed by atoms with van der Waals surface area (Å²) in [6.07, 6.45) is 0.656. The summed E-state index contributed by atoms with van der Waals surface area (Å²) >= 11 is 3.53. The molecule has 2 nitrogen and oxygen atoms in total. The van der Waals surface area contributed by atoms with Gasteiger partial charge in [0.1, 0.15) is 17.6 Å². The molecule has 0 aliphatic heterocycles. The van der Waals surface area contributed by atoms with E-state index in [2.05, 4.69) is 27.8 Å². The average molecular weight is 407 g/mol. The first kappa shape index (κ1) is 18.3. The molecule has 0 heterocycles. The van der Waals surface area contributed by atoms with Gasteiger partial charge in [-0.15, -0.1) is 0 Å². The molecule has 3 rings (SSSR count). The van der Waals surface area contributed by atoms with Crippen molar-refractivity contribution in [3.8, 4) is 23.3 Å². The number of ether oxygens (including phenoxy) is 1. The lowest BCUT2D eigenvalue weighted by atomic mass is 10.1. The van der Waals surface area contributed by atoms with Gasteiger partial charge in [0.05, 0.1) is 5.56 Å². The van der Waals surface area contributed by atoms with Crippen molar-refractivity contribution in [1.29, 1.82) is 0 Å². The Bertz CT molecular complexity index is 910. The summed E-state index contributed by atoms with van der Waals surface area (Å²) < 4.78 is 6.95. The largest absolute Gasteiger partial charge is 0.456 e. The van der Waals surface area contributed by atoms with Gasteiger partial charge in [0, 0.05) is 4.47 Å². The molecule has 0 bridgehead atoms. The standard InChI is InChI=1S/C23H19BrO2/c24-22-12-6-4-8-18(22)14-16-20(25)17-15-19-9-5-7-13-23(19)26-21-10-2-1-3-11-21/h1-13,20,25H,14,16H2. The Hall–Kier alpha value is -2.54. The third-order valence-corrected chi connectivity index (χ3v) is 4.65. The second-order valence-electron chi connectivity index (χ2n) is 5.83. The SMILES string of the molecule is OC(C#Cc1ccccc1Oc1ccccc1)CCc1ccccc1Br. The summed E-state index contributed by atoms with van der Waals surface area (Å²) in [6.45, 7) is 0. The van der Waals surface area contributed by atoms with Gasteiger partial charge >= 0.3 is 0 Å². The molecule has 0 saturated carbocycles. The van der Waals surface area contributed by atoms with Gasteiger partial charge < -0.3 is 9.84 Å². The molecule has 3 aromatic carbocycles. The second kappa shape index (κ2) is 9.24. The smallest absolute Gasteiger partial charge is 0.143 e. The average Bonchev–Trinajstić information content (AvgIpc) is 2.67. The molecule has 1 N–H and O–H groups in total. The van der Waals surface area contributed by atoms with Gasteiger partial charge in [0.25, 0.3) is 0 Å². The van der Waals surface area contributed by atoms with Gasteiger partial charge in [-0.1, -0.05) is 76.3 Å². The van der Waals surface area contributed by atoms with E-state index in [9.17, 15) is 5.11 Å². The van der Waals surface area contributed by atoms with E-state index in [0.29, 0.717) is 12.2 Å². The van der Waals surface area contributed by atoms with Crippen molar-refractivity contribution >= 4 is 15.9 Å². The van der Waals surface area contributed by atoms with Crippen LogP contribution in [0.15, 0.2) is 83.3 Å². The zero-order valence-corrected chi connectivity index (χ0v) is 15.8. The number of aryl methyl sites for hydroxylation is 1. The number of para-hydroxylation sites is 2. The van der Waals surface area contributed by atoms with Crippen LogP contribution in [0.3, 0.4) is 0 Å². The van der Waals surface area contributed by atoms with E-state index in [4.69, 9.17) is 4.74 Å². The van der Waals surface area contributed by atoms with Crippen molar-refractivity contribution in [2.75, 3.05) is 0 Å². The predicted molar refractivity (Wildman–Crippen MR) is 108 cm³/mol. The Labute approximate surface area is 162 Å². The van der Waals surface area contributed by atoms with Gasteiger partial charge in [0.15, 0.2) is 0 Å². The lowest BCUT2D eigenvalue weighted by Crippen LogP contribution is -2.05. The van der Waals surface area contributed by atoms with Gasteiger partial charge in [-0.05, 0) is 48.7 Å².